The molecule has 0 saturated carbocycles. The van der Waals surface area contributed by atoms with Crippen molar-refractivity contribution in [2.24, 2.45) is 0 Å². The molecule has 5 heteroatoms. The summed E-state index contributed by atoms with van der Waals surface area (Å²) in [4.78, 5) is 11.4. The van der Waals surface area contributed by atoms with Gasteiger partial charge in [0.2, 0.25) is 0 Å². The molecule has 0 fully saturated rings. The van der Waals surface area contributed by atoms with Crippen molar-refractivity contribution in [3.8, 4) is 16.9 Å². The van der Waals surface area contributed by atoms with E-state index < -0.39 is 5.97 Å². The summed E-state index contributed by atoms with van der Waals surface area (Å²) in [6, 6.07) is 12.8. The van der Waals surface area contributed by atoms with Gasteiger partial charge in [-0.3, -0.25) is 0 Å². The number of benzene rings is 2. The molecule has 0 aliphatic heterocycles. The Morgan fingerprint density at radius 2 is 1.78 bits per heavy atom. The van der Waals surface area contributed by atoms with Crippen LogP contribution in [-0.4, -0.2) is 15.7 Å². The van der Waals surface area contributed by atoms with E-state index >= 15 is 0 Å². The predicted molar refractivity (Wildman–Crippen MR) is 82.8 cm³/mol. The second-order valence-corrected chi connectivity index (χ2v) is 5.41. The van der Waals surface area contributed by atoms with E-state index in [2.05, 4.69) is 5.10 Å². The Kier molecular flexibility index (Phi) is 3.70. The summed E-state index contributed by atoms with van der Waals surface area (Å²) < 4.78 is 14.4. The number of carbonyl (C=O) groups excluding carboxylic acids is 1. The van der Waals surface area contributed by atoms with Crippen LogP contribution in [0.4, 0.5) is 4.39 Å². The molecule has 0 spiro atoms. The molecule has 1 aromatic heterocycles. The standard InChI is InChI=1S/C18H15FN2O2/c1-11-3-8-16(12(2)9-11)21-17(18(22)23)10-15(20-21)13-4-6-14(19)7-5-13/h3-10H,1-2H3,(H,22,23)/p-1. The third-order valence-corrected chi connectivity index (χ3v) is 3.64. The van der Waals surface area contributed by atoms with Crippen molar-refractivity contribution < 1.29 is 14.3 Å². The largest absolute Gasteiger partial charge is 0.543 e. The molecule has 0 amide bonds. The van der Waals surface area contributed by atoms with Crippen molar-refractivity contribution in [3.05, 3.63) is 71.2 Å². The zero-order valence-electron chi connectivity index (χ0n) is 12.7. The van der Waals surface area contributed by atoms with E-state index in [9.17, 15) is 14.3 Å². The van der Waals surface area contributed by atoms with Crippen molar-refractivity contribution in [1.82, 2.24) is 9.78 Å². The molecule has 0 radical (unpaired) electrons. The molecule has 3 rings (SSSR count). The molecule has 0 atom stereocenters. The third-order valence-electron chi connectivity index (χ3n) is 3.64. The van der Waals surface area contributed by atoms with Crippen LogP contribution in [-0.2, 0) is 0 Å². The minimum atomic E-state index is -1.31. The average Bonchev–Trinajstić information content (AvgIpc) is 2.93. The average molecular weight is 309 g/mol. The molecule has 1 heterocycles. The van der Waals surface area contributed by atoms with E-state index in [-0.39, 0.29) is 11.5 Å². The van der Waals surface area contributed by atoms with E-state index in [1.54, 1.807) is 12.1 Å². The number of hydrogen-bond donors (Lipinski definition) is 0. The summed E-state index contributed by atoms with van der Waals surface area (Å²) in [6.07, 6.45) is 0. The Bertz CT molecular complexity index is 883. The first-order chi connectivity index (χ1) is 11.0. The first-order valence-corrected chi connectivity index (χ1v) is 7.10. The Morgan fingerprint density at radius 1 is 1.09 bits per heavy atom. The summed E-state index contributed by atoms with van der Waals surface area (Å²) in [6.45, 7) is 3.85. The van der Waals surface area contributed by atoms with Gasteiger partial charge in [0.1, 0.15) is 5.82 Å². The highest BCUT2D eigenvalue weighted by molar-refractivity contribution is 5.86. The van der Waals surface area contributed by atoms with Crippen molar-refractivity contribution >= 4 is 5.97 Å². The van der Waals surface area contributed by atoms with Gasteiger partial charge in [-0.15, -0.1) is 0 Å². The molecule has 0 saturated heterocycles. The van der Waals surface area contributed by atoms with Gasteiger partial charge in [-0.2, -0.15) is 5.10 Å². The number of carboxylic acids is 1. The third kappa shape index (κ3) is 2.85. The molecular weight excluding hydrogens is 295 g/mol. The lowest BCUT2D eigenvalue weighted by molar-refractivity contribution is -0.255. The summed E-state index contributed by atoms with van der Waals surface area (Å²) >= 11 is 0. The number of nitrogens with zero attached hydrogens (tertiary/aromatic N) is 2. The molecule has 0 aliphatic carbocycles. The minimum absolute atomic E-state index is 0.0451. The number of hydrogen-bond acceptors (Lipinski definition) is 3. The Balaban J connectivity index is 2.16. The predicted octanol–water partition coefficient (Wildman–Crippen LogP) is 2.66. The Hall–Kier alpha value is -2.95. The van der Waals surface area contributed by atoms with Crippen LogP contribution in [0.1, 0.15) is 21.6 Å². The Labute approximate surface area is 132 Å². The number of carbonyl (C=O) groups is 1. The fraction of sp³-hybridized carbons (Fsp3) is 0.111. The molecule has 0 N–H and O–H groups in total. The first-order valence-electron chi connectivity index (χ1n) is 7.10. The number of aromatic carboxylic acids is 1. The van der Waals surface area contributed by atoms with Crippen LogP contribution in [0, 0.1) is 19.7 Å². The number of aryl methyl sites for hydroxylation is 2. The van der Waals surface area contributed by atoms with E-state index in [0.717, 1.165) is 11.1 Å². The molecule has 23 heavy (non-hydrogen) atoms. The van der Waals surface area contributed by atoms with Crippen LogP contribution in [0.15, 0.2) is 48.5 Å². The van der Waals surface area contributed by atoms with Crippen LogP contribution >= 0.6 is 0 Å². The van der Waals surface area contributed by atoms with Crippen molar-refractivity contribution in [3.63, 3.8) is 0 Å². The molecule has 0 unspecified atom stereocenters. The molecule has 3 aromatic rings. The van der Waals surface area contributed by atoms with Gasteiger partial charge in [-0.1, -0.05) is 17.7 Å². The Morgan fingerprint density at radius 3 is 2.39 bits per heavy atom. The lowest BCUT2D eigenvalue weighted by Crippen LogP contribution is -2.25. The maximum atomic E-state index is 13.0. The van der Waals surface area contributed by atoms with Gasteiger partial charge in [-0.25, -0.2) is 9.07 Å². The van der Waals surface area contributed by atoms with Crippen molar-refractivity contribution in [2.45, 2.75) is 13.8 Å². The number of rotatable bonds is 3. The van der Waals surface area contributed by atoms with Crippen LogP contribution in [0.2, 0.25) is 0 Å². The minimum Gasteiger partial charge on any atom is -0.543 e. The topological polar surface area (TPSA) is 58.0 Å². The summed E-state index contributed by atoms with van der Waals surface area (Å²) in [5, 5.41) is 15.8. The number of aromatic nitrogens is 2. The fourth-order valence-corrected chi connectivity index (χ4v) is 2.51. The molecule has 2 aromatic carbocycles. The quantitative estimate of drug-likeness (QED) is 0.747. The molecule has 4 nitrogen and oxygen atoms in total. The van der Waals surface area contributed by atoms with E-state index in [4.69, 9.17) is 0 Å². The van der Waals surface area contributed by atoms with Gasteiger partial charge in [-0.05, 0) is 55.8 Å². The summed E-state index contributed by atoms with van der Waals surface area (Å²) in [5.41, 5.74) is 3.69. The SMILES string of the molecule is Cc1ccc(-n2nc(-c3ccc(F)cc3)cc2C(=O)[O-])c(C)c1. The normalized spacial score (nSPS) is 10.7. The van der Waals surface area contributed by atoms with Gasteiger partial charge in [0.25, 0.3) is 0 Å². The van der Waals surface area contributed by atoms with Gasteiger partial charge in [0, 0.05) is 5.56 Å². The molecule has 0 bridgehead atoms. The lowest BCUT2D eigenvalue weighted by Gasteiger charge is -2.11. The monoisotopic (exact) mass is 309 g/mol. The summed E-state index contributed by atoms with van der Waals surface area (Å²) in [7, 11) is 0. The first kappa shape index (κ1) is 15.0. The van der Waals surface area contributed by atoms with Crippen molar-refractivity contribution in [1.29, 1.82) is 0 Å². The zero-order chi connectivity index (χ0) is 16.6. The maximum absolute atomic E-state index is 13.0. The van der Waals surface area contributed by atoms with Gasteiger partial charge < -0.3 is 9.90 Å². The second-order valence-electron chi connectivity index (χ2n) is 5.41. The maximum Gasteiger partial charge on any atom is 0.123 e. The molecular formula is C18H14FN2O2-. The second kappa shape index (κ2) is 5.68. The van der Waals surface area contributed by atoms with Crippen LogP contribution in [0.25, 0.3) is 16.9 Å². The highest BCUT2D eigenvalue weighted by Crippen LogP contribution is 2.23. The van der Waals surface area contributed by atoms with Crippen LogP contribution in [0.3, 0.4) is 0 Å². The number of carboxylic acid groups (broad SMARTS) is 1. The highest BCUT2D eigenvalue weighted by atomic mass is 19.1. The molecule has 116 valence electrons. The van der Waals surface area contributed by atoms with Gasteiger partial charge >= 0.3 is 0 Å². The number of halogens is 1. The molecule has 0 aliphatic rings. The van der Waals surface area contributed by atoms with Crippen molar-refractivity contribution in [2.75, 3.05) is 0 Å². The lowest BCUT2D eigenvalue weighted by atomic mass is 10.1. The van der Waals surface area contributed by atoms with Gasteiger partial charge in [0.05, 0.1) is 23.0 Å². The fourth-order valence-electron chi connectivity index (χ4n) is 2.51. The highest BCUT2D eigenvalue weighted by Gasteiger charge is 2.13. The summed E-state index contributed by atoms with van der Waals surface area (Å²) in [5.74, 6) is -1.67. The zero-order valence-corrected chi connectivity index (χ0v) is 12.7. The van der Waals surface area contributed by atoms with E-state index in [1.807, 2.05) is 32.0 Å². The van der Waals surface area contributed by atoms with Crippen LogP contribution in [0.5, 0.6) is 0 Å². The van der Waals surface area contributed by atoms with E-state index in [0.29, 0.717) is 16.9 Å². The smallest absolute Gasteiger partial charge is 0.123 e. The van der Waals surface area contributed by atoms with E-state index in [1.165, 1.54) is 22.9 Å². The van der Waals surface area contributed by atoms with Gasteiger partial charge in [0.15, 0.2) is 0 Å². The van der Waals surface area contributed by atoms with Crippen LogP contribution < -0.4 is 5.11 Å².